The lowest BCUT2D eigenvalue weighted by Crippen LogP contribution is -2.33. The maximum absolute atomic E-state index is 2.67. The molecule has 318 valence electrons. The zero-order chi connectivity index (χ0) is 43.8. The van der Waals surface area contributed by atoms with Gasteiger partial charge < -0.3 is 9.47 Å². The standard InChI is InChI=1S/C64H52N2/c1-5-21-45(22-6-1)49-41-42-61(58(44-49)47-25-9-3-10-26-47)66(59-38-15-13-33-55(59)56-37-19-28-48-27-18-35-53(63(48)56)46-23-7-2-8-24-46)52-32-17-29-50(43-52)54-36-20-40-62-64(54)57-34-14-16-39-60(57)65(62)51-30-11-4-12-31-51/h1,3-6,9-22,25-37,39-44,46,59H,2,7-8,23-24,38H2. The molecule has 9 aromatic carbocycles. The molecule has 1 fully saturated rings. The number of nitrogens with zero attached hydrogens (tertiary/aromatic N) is 2. The van der Waals surface area contributed by atoms with E-state index in [1.165, 1.54) is 126 Å². The van der Waals surface area contributed by atoms with Crippen LogP contribution in [0.2, 0.25) is 0 Å². The average molecular weight is 849 g/mol. The molecule has 10 aromatic rings. The van der Waals surface area contributed by atoms with Crippen LogP contribution >= 0.6 is 0 Å². The van der Waals surface area contributed by atoms with Crippen molar-refractivity contribution in [2.75, 3.05) is 4.90 Å². The van der Waals surface area contributed by atoms with Crippen molar-refractivity contribution in [3.63, 3.8) is 0 Å². The van der Waals surface area contributed by atoms with E-state index < -0.39 is 0 Å². The van der Waals surface area contributed by atoms with Gasteiger partial charge in [0.1, 0.15) is 0 Å². The fourth-order valence-corrected chi connectivity index (χ4v) is 11.3. The first-order valence-corrected chi connectivity index (χ1v) is 23.9. The second kappa shape index (κ2) is 17.4. The predicted molar refractivity (Wildman–Crippen MR) is 281 cm³/mol. The van der Waals surface area contributed by atoms with Crippen LogP contribution in [0.5, 0.6) is 0 Å². The molecule has 0 spiro atoms. The highest BCUT2D eigenvalue weighted by Crippen LogP contribution is 2.47. The summed E-state index contributed by atoms with van der Waals surface area (Å²) in [5.74, 6) is 0.584. The molecule has 0 amide bonds. The number of aromatic nitrogens is 1. The third kappa shape index (κ3) is 7.14. The molecule has 1 saturated carbocycles. The zero-order valence-electron chi connectivity index (χ0n) is 37.2. The highest BCUT2D eigenvalue weighted by atomic mass is 15.2. The van der Waals surface area contributed by atoms with Gasteiger partial charge in [-0.3, -0.25) is 0 Å². The van der Waals surface area contributed by atoms with Crippen molar-refractivity contribution in [3.8, 4) is 39.1 Å². The molecule has 2 aliphatic carbocycles. The average Bonchev–Trinajstić information content (AvgIpc) is 3.74. The van der Waals surface area contributed by atoms with E-state index in [0.717, 1.165) is 12.1 Å². The molecule has 1 aromatic heterocycles. The van der Waals surface area contributed by atoms with Crippen LogP contribution in [0.1, 0.15) is 55.6 Å². The number of fused-ring (bicyclic) bond motifs is 4. The van der Waals surface area contributed by atoms with E-state index in [2.05, 4.69) is 240 Å². The van der Waals surface area contributed by atoms with Crippen LogP contribution < -0.4 is 4.90 Å². The van der Waals surface area contributed by atoms with Crippen LogP contribution in [-0.4, -0.2) is 10.6 Å². The molecular formula is C64H52N2. The Labute approximate surface area is 388 Å². The van der Waals surface area contributed by atoms with Crippen molar-refractivity contribution in [1.82, 2.24) is 4.57 Å². The van der Waals surface area contributed by atoms with Gasteiger partial charge in [-0.15, -0.1) is 0 Å². The summed E-state index contributed by atoms with van der Waals surface area (Å²) in [6.45, 7) is 0. The lowest BCUT2D eigenvalue weighted by atomic mass is 9.79. The SMILES string of the molecule is C1=CCC(N(c2cccc(-c3cccc4c3c3ccccc3n4-c3ccccc3)c2)c2ccc(-c3ccccc3)cc2-c2ccccc2)C(c2cccc3cccc(C4CCCCC4)c23)=C1. The van der Waals surface area contributed by atoms with E-state index in [0.29, 0.717) is 5.92 Å². The van der Waals surface area contributed by atoms with Crippen LogP contribution in [0, 0.1) is 0 Å². The van der Waals surface area contributed by atoms with Gasteiger partial charge in [-0.2, -0.15) is 0 Å². The highest BCUT2D eigenvalue weighted by molar-refractivity contribution is 6.16. The van der Waals surface area contributed by atoms with Gasteiger partial charge in [0.25, 0.3) is 0 Å². The summed E-state index contributed by atoms with van der Waals surface area (Å²) in [6.07, 6.45) is 14.4. The number of benzene rings is 9. The molecular weight excluding hydrogens is 797 g/mol. The van der Waals surface area contributed by atoms with E-state index in [4.69, 9.17) is 0 Å². The third-order valence-corrected chi connectivity index (χ3v) is 14.3. The smallest absolute Gasteiger partial charge is 0.0632 e. The Balaban J connectivity index is 1.09. The summed E-state index contributed by atoms with van der Waals surface area (Å²) >= 11 is 0. The summed E-state index contributed by atoms with van der Waals surface area (Å²) < 4.78 is 2.42. The molecule has 1 atom stereocenters. The van der Waals surface area contributed by atoms with Crippen molar-refractivity contribution in [2.45, 2.75) is 50.5 Å². The number of anilines is 2. The third-order valence-electron chi connectivity index (χ3n) is 14.3. The number of hydrogen-bond acceptors (Lipinski definition) is 1. The van der Waals surface area contributed by atoms with Crippen molar-refractivity contribution < 1.29 is 0 Å². The molecule has 12 rings (SSSR count). The maximum Gasteiger partial charge on any atom is 0.0632 e. The molecule has 0 N–H and O–H groups in total. The van der Waals surface area contributed by atoms with Crippen molar-refractivity contribution >= 4 is 49.5 Å². The Kier molecular flexibility index (Phi) is 10.5. The zero-order valence-corrected chi connectivity index (χ0v) is 37.2. The van der Waals surface area contributed by atoms with Crippen LogP contribution in [0.3, 0.4) is 0 Å². The summed E-state index contributed by atoms with van der Waals surface area (Å²) in [6, 6.07) is 78.8. The second-order valence-corrected chi connectivity index (χ2v) is 18.2. The molecule has 2 nitrogen and oxygen atoms in total. The molecule has 2 heteroatoms. The Bertz CT molecular complexity index is 3420. The predicted octanol–water partition coefficient (Wildman–Crippen LogP) is 17.5. The lowest BCUT2D eigenvalue weighted by Gasteiger charge is -2.38. The van der Waals surface area contributed by atoms with Gasteiger partial charge in [0.15, 0.2) is 0 Å². The normalized spacial score (nSPS) is 15.3. The Hall–Kier alpha value is -7.68. The summed E-state index contributed by atoms with van der Waals surface area (Å²) in [7, 11) is 0. The van der Waals surface area contributed by atoms with E-state index >= 15 is 0 Å². The number of hydrogen-bond donors (Lipinski definition) is 0. The van der Waals surface area contributed by atoms with Crippen LogP contribution in [0.4, 0.5) is 11.4 Å². The minimum Gasteiger partial charge on any atom is -0.333 e. The van der Waals surface area contributed by atoms with Gasteiger partial charge in [0, 0.05) is 33.4 Å². The van der Waals surface area contributed by atoms with Crippen molar-refractivity contribution in [2.24, 2.45) is 0 Å². The molecule has 0 bridgehead atoms. The fraction of sp³-hybridized carbons (Fsp3) is 0.125. The van der Waals surface area contributed by atoms with Crippen LogP contribution in [-0.2, 0) is 0 Å². The minimum atomic E-state index is 0.0103. The molecule has 1 heterocycles. The lowest BCUT2D eigenvalue weighted by molar-refractivity contribution is 0.445. The van der Waals surface area contributed by atoms with Crippen LogP contribution in [0.15, 0.2) is 231 Å². The first-order valence-electron chi connectivity index (χ1n) is 23.9. The van der Waals surface area contributed by atoms with Gasteiger partial charge in [0.05, 0.1) is 17.1 Å². The first kappa shape index (κ1) is 39.9. The van der Waals surface area contributed by atoms with Gasteiger partial charge in [-0.25, -0.2) is 0 Å². The Morgan fingerprint density at radius 1 is 0.455 bits per heavy atom. The Morgan fingerprint density at radius 3 is 1.94 bits per heavy atom. The Morgan fingerprint density at radius 2 is 1.12 bits per heavy atom. The van der Waals surface area contributed by atoms with Crippen molar-refractivity contribution in [1.29, 1.82) is 0 Å². The number of para-hydroxylation sites is 2. The van der Waals surface area contributed by atoms with E-state index in [-0.39, 0.29) is 6.04 Å². The molecule has 0 aliphatic heterocycles. The van der Waals surface area contributed by atoms with Crippen LogP contribution in [0.25, 0.3) is 77.2 Å². The van der Waals surface area contributed by atoms with E-state index in [1.54, 1.807) is 0 Å². The molecule has 2 aliphatic rings. The van der Waals surface area contributed by atoms with E-state index in [9.17, 15) is 0 Å². The van der Waals surface area contributed by atoms with Gasteiger partial charge >= 0.3 is 0 Å². The summed E-state index contributed by atoms with van der Waals surface area (Å²) in [5.41, 5.74) is 17.4. The van der Waals surface area contributed by atoms with E-state index in [1.807, 2.05) is 0 Å². The molecule has 1 unspecified atom stereocenters. The maximum atomic E-state index is 2.67. The summed E-state index contributed by atoms with van der Waals surface area (Å²) in [4.78, 5) is 2.67. The number of allylic oxidation sites excluding steroid dienone is 2. The minimum absolute atomic E-state index is 0.0103. The van der Waals surface area contributed by atoms with Crippen molar-refractivity contribution in [3.05, 3.63) is 242 Å². The molecule has 0 saturated heterocycles. The quantitative estimate of drug-likeness (QED) is 0.140. The first-order chi connectivity index (χ1) is 32.8. The number of rotatable bonds is 9. The van der Waals surface area contributed by atoms with Gasteiger partial charge in [-0.1, -0.05) is 201 Å². The fourth-order valence-electron chi connectivity index (χ4n) is 11.3. The second-order valence-electron chi connectivity index (χ2n) is 18.2. The largest absolute Gasteiger partial charge is 0.333 e. The molecule has 0 radical (unpaired) electrons. The monoisotopic (exact) mass is 848 g/mol. The van der Waals surface area contributed by atoms with Gasteiger partial charge in [-0.05, 0) is 129 Å². The topological polar surface area (TPSA) is 8.17 Å². The molecule has 66 heavy (non-hydrogen) atoms. The van der Waals surface area contributed by atoms with Gasteiger partial charge in [0.2, 0.25) is 0 Å². The highest BCUT2D eigenvalue weighted by Gasteiger charge is 2.31. The summed E-state index contributed by atoms with van der Waals surface area (Å²) in [5, 5.41) is 5.28.